The Morgan fingerprint density at radius 2 is 1.73 bits per heavy atom. The van der Waals surface area contributed by atoms with E-state index in [-0.39, 0.29) is 29.5 Å². The Bertz CT molecular complexity index is 322. The Morgan fingerprint density at radius 1 is 1.20 bits per heavy atom. The fourth-order valence-corrected chi connectivity index (χ4v) is 1.16. The molecule has 0 spiro atoms. The van der Waals surface area contributed by atoms with E-state index in [1.807, 2.05) is 0 Å². The Kier molecular flexibility index (Phi) is 3.98. The molecule has 1 aromatic rings. The molecule has 1 N–H and O–H groups in total. The molecule has 84 valence electrons. The number of rotatable bonds is 4. The summed E-state index contributed by atoms with van der Waals surface area (Å²) >= 11 is 11.0. The second-order valence-corrected chi connectivity index (χ2v) is 3.62. The van der Waals surface area contributed by atoms with Crippen molar-refractivity contribution in [3.63, 3.8) is 0 Å². The molecule has 8 heteroatoms. The van der Waals surface area contributed by atoms with Gasteiger partial charge in [-0.2, -0.15) is 15.0 Å². The van der Waals surface area contributed by atoms with Crippen LogP contribution in [0, 0.1) is 0 Å². The molecule has 0 aromatic carbocycles. The van der Waals surface area contributed by atoms with Crippen molar-refractivity contribution in [3.05, 3.63) is 10.6 Å². The smallest absolute Gasteiger partial charge is 0.247 e. The summed E-state index contributed by atoms with van der Waals surface area (Å²) in [6.45, 7) is 0.863. The predicted octanol–water partition coefficient (Wildman–Crippen LogP) is 2.64. The van der Waals surface area contributed by atoms with Gasteiger partial charge >= 0.3 is 0 Å². The summed E-state index contributed by atoms with van der Waals surface area (Å²) in [5, 5.41) is 2.41. The molecule has 0 atom stereocenters. The molecule has 0 fully saturated rings. The Morgan fingerprint density at radius 3 is 2.20 bits per heavy atom. The van der Waals surface area contributed by atoms with Crippen LogP contribution in [0.5, 0.6) is 0 Å². The second kappa shape index (κ2) is 4.85. The Hall–Kier alpha value is -0.750. The summed E-state index contributed by atoms with van der Waals surface area (Å²) in [6.07, 6.45) is -0.325. The fraction of sp³-hybridized carbons (Fsp3) is 0.571. The lowest BCUT2D eigenvalue weighted by Crippen LogP contribution is -2.17. The van der Waals surface area contributed by atoms with E-state index >= 15 is 0 Å². The highest BCUT2D eigenvalue weighted by atomic mass is 35.5. The number of alkyl halides is 2. The number of hydrogen-bond donors (Lipinski definition) is 1. The van der Waals surface area contributed by atoms with E-state index < -0.39 is 5.92 Å². The monoisotopic (exact) mass is 256 g/mol. The molecule has 0 saturated carbocycles. The maximum absolute atomic E-state index is 12.4. The van der Waals surface area contributed by atoms with E-state index in [4.69, 9.17) is 23.2 Å². The molecule has 0 saturated heterocycles. The fourth-order valence-electron chi connectivity index (χ4n) is 0.799. The van der Waals surface area contributed by atoms with Gasteiger partial charge in [-0.25, -0.2) is 8.78 Å². The molecule has 0 unspecified atom stereocenters. The summed E-state index contributed by atoms with van der Waals surface area (Å²) in [6, 6.07) is 0. The van der Waals surface area contributed by atoms with E-state index in [0.717, 1.165) is 6.92 Å². The first kappa shape index (κ1) is 12.3. The van der Waals surface area contributed by atoms with Gasteiger partial charge in [0.25, 0.3) is 0 Å². The first-order valence-corrected chi connectivity index (χ1v) is 4.81. The Balaban J connectivity index is 2.51. The van der Waals surface area contributed by atoms with Crippen molar-refractivity contribution in [3.8, 4) is 0 Å². The SMILES string of the molecule is CC(F)(F)CCNc1nc(Cl)nc(Cl)n1. The van der Waals surface area contributed by atoms with Gasteiger partial charge in [-0.1, -0.05) is 0 Å². The molecule has 0 aliphatic rings. The molecule has 0 radical (unpaired) electrons. The number of hydrogen-bond acceptors (Lipinski definition) is 4. The van der Waals surface area contributed by atoms with Crippen LogP contribution in [0.25, 0.3) is 0 Å². The van der Waals surface area contributed by atoms with Gasteiger partial charge in [0.2, 0.25) is 22.4 Å². The summed E-state index contributed by atoms with van der Waals surface area (Å²) in [7, 11) is 0. The third-order valence-electron chi connectivity index (χ3n) is 1.43. The van der Waals surface area contributed by atoms with Crippen LogP contribution in [0.15, 0.2) is 0 Å². The zero-order valence-electron chi connectivity index (χ0n) is 7.77. The van der Waals surface area contributed by atoms with Crippen molar-refractivity contribution in [2.45, 2.75) is 19.3 Å². The van der Waals surface area contributed by atoms with Crippen LogP contribution in [-0.4, -0.2) is 27.4 Å². The quantitative estimate of drug-likeness (QED) is 0.900. The highest BCUT2D eigenvalue weighted by molar-refractivity contribution is 6.31. The molecule has 15 heavy (non-hydrogen) atoms. The summed E-state index contributed by atoms with van der Waals surface area (Å²) in [5.41, 5.74) is 0. The van der Waals surface area contributed by atoms with Crippen LogP contribution in [0.4, 0.5) is 14.7 Å². The van der Waals surface area contributed by atoms with Crippen LogP contribution >= 0.6 is 23.2 Å². The van der Waals surface area contributed by atoms with Crippen LogP contribution in [-0.2, 0) is 0 Å². The average Bonchev–Trinajstić information content (AvgIpc) is 1.99. The minimum absolute atomic E-state index is 0.0279. The molecule has 0 bridgehead atoms. The van der Waals surface area contributed by atoms with Gasteiger partial charge in [0, 0.05) is 13.0 Å². The van der Waals surface area contributed by atoms with E-state index in [1.54, 1.807) is 0 Å². The molecular weight excluding hydrogens is 249 g/mol. The molecule has 1 rings (SSSR count). The minimum Gasteiger partial charge on any atom is -0.354 e. The van der Waals surface area contributed by atoms with Crippen molar-refractivity contribution in [1.29, 1.82) is 0 Å². The molecule has 1 heterocycles. The lowest BCUT2D eigenvalue weighted by Gasteiger charge is -2.10. The van der Waals surface area contributed by atoms with Gasteiger partial charge in [0.15, 0.2) is 0 Å². The van der Waals surface area contributed by atoms with E-state index in [9.17, 15) is 8.78 Å². The van der Waals surface area contributed by atoms with Crippen molar-refractivity contribution in [1.82, 2.24) is 15.0 Å². The third kappa shape index (κ3) is 5.03. The van der Waals surface area contributed by atoms with Crippen molar-refractivity contribution in [2.24, 2.45) is 0 Å². The van der Waals surface area contributed by atoms with Gasteiger partial charge in [-0.3, -0.25) is 0 Å². The zero-order valence-corrected chi connectivity index (χ0v) is 9.28. The van der Waals surface area contributed by atoms with Crippen molar-refractivity contribution < 1.29 is 8.78 Å². The topological polar surface area (TPSA) is 50.7 Å². The summed E-state index contributed by atoms with van der Waals surface area (Å²) in [4.78, 5) is 10.8. The van der Waals surface area contributed by atoms with E-state index in [0.29, 0.717) is 0 Å². The first-order valence-electron chi connectivity index (χ1n) is 4.05. The van der Waals surface area contributed by atoms with Crippen LogP contribution < -0.4 is 5.32 Å². The molecular formula is C7H8Cl2F2N4. The van der Waals surface area contributed by atoms with Gasteiger partial charge in [-0.05, 0) is 30.1 Å². The van der Waals surface area contributed by atoms with Crippen LogP contribution in [0.3, 0.4) is 0 Å². The second-order valence-electron chi connectivity index (χ2n) is 2.94. The average molecular weight is 257 g/mol. The lowest BCUT2D eigenvalue weighted by molar-refractivity contribution is 0.0166. The minimum atomic E-state index is -2.73. The number of nitrogens with zero attached hydrogens (tertiary/aromatic N) is 3. The standard InChI is InChI=1S/C7H8Cl2F2N4/c1-7(10,11)2-3-12-6-14-4(8)13-5(9)15-6/h2-3H2,1H3,(H,12,13,14,15). The molecule has 4 nitrogen and oxygen atoms in total. The van der Waals surface area contributed by atoms with Gasteiger partial charge < -0.3 is 5.32 Å². The van der Waals surface area contributed by atoms with E-state index in [2.05, 4.69) is 20.3 Å². The van der Waals surface area contributed by atoms with Gasteiger partial charge in [-0.15, -0.1) is 0 Å². The predicted molar refractivity (Wildman–Crippen MR) is 53.6 cm³/mol. The number of halogens is 4. The maximum Gasteiger partial charge on any atom is 0.247 e. The zero-order chi connectivity index (χ0) is 11.5. The maximum atomic E-state index is 12.4. The third-order valence-corrected chi connectivity index (χ3v) is 1.77. The largest absolute Gasteiger partial charge is 0.354 e. The van der Waals surface area contributed by atoms with Gasteiger partial charge in [0.1, 0.15) is 0 Å². The van der Waals surface area contributed by atoms with Crippen molar-refractivity contribution >= 4 is 29.2 Å². The molecule has 0 aliphatic heterocycles. The number of aromatic nitrogens is 3. The number of nitrogens with one attached hydrogen (secondary N) is 1. The summed E-state index contributed by atoms with van der Waals surface area (Å²) < 4.78 is 24.9. The number of anilines is 1. The lowest BCUT2D eigenvalue weighted by atomic mass is 10.3. The highest BCUT2D eigenvalue weighted by Crippen LogP contribution is 2.16. The van der Waals surface area contributed by atoms with Gasteiger partial charge in [0.05, 0.1) is 0 Å². The highest BCUT2D eigenvalue weighted by Gasteiger charge is 2.20. The molecule has 0 amide bonds. The van der Waals surface area contributed by atoms with Crippen molar-refractivity contribution in [2.75, 3.05) is 11.9 Å². The summed E-state index contributed by atoms with van der Waals surface area (Å²) in [5.74, 6) is -2.64. The Labute approximate surface area is 95.0 Å². The van der Waals surface area contributed by atoms with Crippen LogP contribution in [0.2, 0.25) is 10.6 Å². The van der Waals surface area contributed by atoms with E-state index in [1.165, 1.54) is 0 Å². The van der Waals surface area contributed by atoms with Crippen LogP contribution in [0.1, 0.15) is 13.3 Å². The molecule has 1 aromatic heterocycles. The first-order chi connectivity index (χ1) is 6.87. The molecule has 0 aliphatic carbocycles. The normalized spacial score (nSPS) is 11.5.